The molecular formula is C18H23FN8OS. The highest BCUT2D eigenvalue weighted by Gasteiger charge is 2.19. The molecule has 2 heterocycles. The van der Waals surface area contributed by atoms with Gasteiger partial charge in [-0.3, -0.25) is 9.80 Å². The van der Waals surface area contributed by atoms with Crippen LogP contribution < -0.4 is 11.1 Å². The average Bonchev–Trinajstić information content (AvgIpc) is 3.21. The molecule has 29 heavy (non-hydrogen) atoms. The lowest BCUT2D eigenvalue weighted by atomic mass is 10.2. The summed E-state index contributed by atoms with van der Waals surface area (Å²) in [6.45, 7) is 0.289. The summed E-state index contributed by atoms with van der Waals surface area (Å²) < 4.78 is 15.8. The van der Waals surface area contributed by atoms with E-state index in [2.05, 4.69) is 15.4 Å². The number of nitrogens with one attached hydrogen (secondary N) is 3. The van der Waals surface area contributed by atoms with Gasteiger partial charge in [-0.05, 0) is 12.3 Å². The lowest BCUT2D eigenvalue weighted by Crippen LogP contribution is -2.19. The molecule has 0 aliphatic rings. The molecule has 0 saturated heterocycles. The van der Waals surface area contributed by atoms with Gasteiger partial charge >= 0.3 is 0 Å². The summed E-state index contributed by atoms with van der Waals surface area (Å²) in [6, 6.07) is 0. The Balaban J connectivity index is 2.31. The molecule has 154 valence electrons. The number of aryl methyl sites for hydroxylation is 1. The van der Waals surface area contributed by atoms with Crippen LogP contribution in [-0.4, -0.2) is 59.1 Å². The van der Waals surface area contributed by atoms with E-state index in [4.69, 9.17) is 16.6 Å². The maximum atomic E-state index is 13.4. The molecule has 0 fully saturated rings. The molecule has 0 unspecified atom stereocenters. The molecule has 0 radical (unpaired) electrons. The monoisotopic (exact) mass is 418 g/mol. The van der Waals surface area contributed by atoms with Crippen LogP contribution in [0.15, 0.2) is 29.4 Å². The van der Waals surface area contributed by atoms with E-state index in [-0.39, 0.29) is 18.7 Å². The van der Waals surface area contributed by atoms with Crippen LogP contribution in [0.25, 0.3) is 10.3 Å². The zero-order valence-corrected chi connectivity index (χ0v) is 17.2. The minimum Gasteiger partial charge on any atom is -0.402 e. The predicted molar refractivity (Wildman–Crippen MR) is 115 cm³/mol. The normalized spacial score (nSPS) is 12.2. The molecule has 0 aliphatic heterocycles. The number of nitrogens with two attached hydrogens (primary N) is 1. The maximum absolute atomic E-state index is 13.4. The van der Waals surface area contributed by atoms with Crippen molar-refractivity contribution in [1.82, 2.24) is 19.9 Å². The van der Waals surface area contributed by atoms with Crippen LogP contribution in [0.1, 0.15) is 21.1 Å². The Morgan fingerprint density at radius 3 is 2.83 bits per heavy atom. The van der Waals surface area contributed by atoms with Crippen molar-refractivity contribution in [3.8, 4) is 0 Å². The number of hydrogen-bond donors (Lipinski definition) is 4. The molecule has 0 bridgehead atoms. The Hall–Kier alpha value is -3.34. The number of hydrazone groups is 1. The Morgan fingerprint density at radius 2 is 2.21 bits per heavy atom. The van der Waals surface area contributed by atoms with Gasteiger partial charge < -0.3 is 26.4 Å². The Kier molecular flexibility index (Phi) is 7.37. The van der Waals surface area contributed by atoms with Crippen molar-refractivity contribution in [2.75, 3.05) is 20.6 Å². The van der Waals surface area contributed by atoms with Gasteiger partial charge in [-0.2, -0.15) is 5.10 Å². The highest BCUT2D eigenvalue weighted by Crippen LogP contribution is 2.29. The molecule has 0 aliphatic carbocycles. The van der Waals surface area contributed by atoms with Crippen molar-refractivity contribution in [3.63, 3.8) is 0 Å². The first-order valence-electron chi connectivity index (χ1n) is 8.57. The number of aromatic nitrogens is 2. The number of nitrogens with zero attached hydrogens (tertiary/aromatic N) is 4. The van der Waals surface area contributed by atoms with Crippen LogP contribution >= 0.6 is 11.3 Å². The van der Waals surface area contributed by atoms with Gasteiger partial charge in [0.1, 0.15) is 5.01 Å². The first-order valence-corrected chi connectivity index (χ1v) is 9.38. The fourth-order valence-electron chi connectivity index (χ4n) is 2.53. The average molecular weight is 419 g/mol. The molecule has 11 heteroatoms. The third-order valence-corrected chi connectivity index (χ3v) is 5.04. The van der Waals surface area contributed by atoms with Crippen LogP contribution in [0.5, 0.6) is 0 Å². The van der Waals surface area contributed by atoms with E-state index in [1.807, 2.05) is 0 Å². The van der Waals surface area contributed by atoms with Gasteiger partial charge in [0, 0.05) is 39.3 Å². The highest BCUT2D eigenvalue weighted by molar-refractivity contribution is 7.19. The standard InChI is InChI=1S/C18H23FN8OS/c1-23-5-4-11(21)9-26(2)24-8-12-15(10-28)27(3)18-17(12)29-16(25-18)6-14(22)13(19)7-20/h4-5,7-8,10,21-23H,6,9,20H2,1-3H3/b5-4-,13-7+,21-11?,22-14?,24-8-. The summed E-state index contributed by atoms with van der Waals surface area (Å²) in [6.07, 6.45) is 6.31. The number of aldehydes is 1. The van der Waals surface area contributed by atoms with E-state index in [0.29, 0.717) is 27.6 Å². The molecule has 0 atom stereocenters. The minimum atomic E-state index is -0.795. The number of allylic oxidation sites excluding steroid dienone is 1. The number of fused-ring (bicyclic) bond motifs is 1. The number of carbonyl (C=O) groups excluding carboxylic acids is 1. The Labute approximate surface area is 171 Å². The van der Waals surface area contributed by atoms with Crippen LogP contribution in [0.2, 0.25) is 0 Å². The lowest BCUT2D eigenvalue weighted by Gasteiger charge is -2.11. The molecule has 9 nitrogen and oxygen atoms in total. The summed E-state index contributed by atoms with van der Waals surface area (Å²) in [5.74, 6) is -0.795. The summed E-state index contributed by atoms with van der Waals surface area (Å²) in [7, 11) is 5.18. The Morgan fingerprint density at radius 1 is 1.48 bits per heavy atom. The largest absolute Gasteiger partial charge is 0.402 e. The van der Waals surface area contributed by atoms with Crippen LogP contribution in [0.4, 0.5) is 4.39 Å². The molecule has 0 saturated carbocycles. The molecule has 2 rings (SSSR count). The minimum absolute atomic E-state index is 0.000744. The summed E-state index contributed by atoms with van der Waals surface area (Å²) in [5.41, 5.74) is 6.78. The first kappa shape index (κ1) is 22.0. The molecule has 0 amide bonds. The second-order valence-electron chi connectivity index (χ2n) is 6.11. The van der Waals surface area contributed by atoms with Crippen LogP contribution in [0.3, 0.4) is 0 Å². The van der Waals surface area contributed by atoms with E-state index >= 15 is 0 Å². The van der Waals surface area contributed by atoms with Crippen molar-refractivity contribution in [1.29, 1.82) is 10.8 Å². The summed E-state index contributed by atoms with van der Waals surface area (Å²) in [4.78, 5) is 16.0. The van der Waals surface area contributed by atoms with E-state index < -0.39 is 5.83 Å². The molecule has 2 aromatic heterocycles. The van der Waals surface area contributed by atoms with E-state index in [1.54, 1.807) is 49.2 Å². The molecular weight excluding hydrogens is 395 g/mol. The SMILES string of the molecule is CN/C=C\C(=N)CN(C)/N=C\c1c(C=O)n(C)c2nc(CC(=N)/C(F)=C\N)sc12. The predicted octanol–water partition coefficient (Wildman–Crippen LogP) is 1.80. The van der Waals surface area contributed by atoms with Crippen LogP contribution in [-0.2, 0) is 13.5 Å². The second-order valence-corrected chi connectivity index (χ2v) is 7.20. The zero-order valence-electron chi connectivity index (χ0n) is 16.4. The van der Waals surface area contributed by atoms with Crippen molar-refractivity contribution in [2.24, 2.45) is 17.9 Å². The van der Waals surface area contributed by atoms with E-state index in [9.17, 15) is 9.18 Å². The number of carbonyl (C=O) groups is 1. The number of rotatable bonds is 10. The topological polar surface area (TPSA) is 136 Å². The van der Waals surface area contributed by atoms with E-state index in [0.717, 1.165) is 17.2 Å². The maximum Gasteiger partial charge on any atom is 0.167 e. The smallest absolute Gasteiger partial charge is 0.167 e. The number of thiazole rings is 1. The quantitative estimate of drug-likeness (QED) is 0.265. The molecule has 0 spiro atoms. The molecule has 0 aromatic carbocycles. The summed E-state index contributed by atoms with van der Waals surface area (Å²) >= 11 is 1.27. The third kappa shape index (κ3) is 5.13. The highest BCUT2D eigenvalue weighted by atomic mass is 32.1. The first-order chi connectivity index (χ1) is 13.8. The van der Waals surface area contributed by atoms with Gasteiger partial charge in [0.05, 0.1) is 34.6 Å². The van der Waals surface area contributed by atoms with Crippen molar-refractivity contribution >= 4 is 45.6 Å². The van der Waals surface area contributed by atoms with Crippen molar-refractivity contribution < 1.29 is 9.18 Å². The van der Waals surface area contributed by atoms with E-state index in [1.165, 1.54) is 11.3 Å². The van der Waals surface area contributed by atoms with Gasteiger partial charge in [-0.1, -0.05) is 0 Å². The fraction of sp³-hybridized carbons (Fsp3) is 0.278. The zero-order chi connectivity index (χ0) is 21.6. The fourth-order valence-corrected chi connectivity index (χ4v) is 3.65. The van der Waals surface area contributed by atoms with Gasteiger partial charge in [-0.25, -0.2) is 9.37 Å². The second kappa shape index (κ2) is 9.73. The van der Waals surface area contributed by atoms with Crippen molar-refractivity contribution in [2.45, 2.75) is 6.42 Å². The lowest BCUT2D eigenvalue weighted by molar-refractivity contribution is 0.111. The number of hydrogen-bond acceptors (Lipinski definition) is 9. The van der Waals surface area contributed by atoms with Gasteiger partial charge in [0.15, 0.2) is 17.8 Å². The van der Waals surface area contributed by atoms with Gasteiger partial charge in [0.2, 0.25) is 0 Å². The Bertz CT molecular complexity index is 1020. The third-order valence-electron chi connectivity index (χ3n) is 3.96. The molecule has 5 N–H and O–H groups in total. The van der Waals surface area contributed by atoms with Gasteiger partial charge in [0.25, 0.3) is 0 Å². The van der Waals surface area contributed by atoms with Crippen molar-refractivity contribution in [3.05, 3.63) is 40.6 Å². The van der Waals surface area contributed by atoms with Crippen LogP contribution in [0, 0.1) is 10.8 Å². The van der Waals surface area contributed by atoms with Gasteiger partial charge in [-0.15, -0.1) is 11.3 Å². The summed E-state index contributed by atoms with van der Waals surface area (Å²) in [5, 5.41) is 24.8. The number of halogens is 1. The molecule has 2 aromatic rings.